The lowest BCUT2D eigenvalue weighted by atomic mass is 9.52. The van der Waals surface area contributed by atoms with Crippen LogP contribution >= 0.6 is 22.6 Å². The molecule has 1 saturated heterocycles. The number of carbonyl (C=O) groups excluding carboxylic acids is 1. The fourth-order valence-electron chi connectivity index (χ4n) is 6.45. The smallest absolute Gasteiger partial charge is 0.236 e. The molecule has 0 spiro atoms. The van der Waals surface area contributed by atoms with Gasteiger partial charge in [0.05, 0.1) is 17.8 Å². The molecule has 4 bridgehead atoms. The number of rotatable bonds is 4. The van der Waals surface area contributed by atoms with E-state index in [0.29, 0.717) is 41.6 Å². The van der Waals surface area contributed by atoms with Crippen molar-refractivity contribution in [2.75, 3.05) is 23.9 Å². The highest BCUT2D eigenvalue weighted by atomic mass is 35.5. The van der Waals surface area contributed by atoms with Gasteiger partial charge in [0.25, 0.3) is 0 Å². The molecule has 6 rings (SSSR count). The Hall–Kier alpha value is -1.03. The molecule has 166 valence electrons. The Morgan fingerprint density at radius 1 is 1.20 bits per heavy atom. The lowest BCUT2D eigenvalue weighted by Gasteiger charge is -2.58. The Balaban J connectivity index is 1.26. The third-order valence-corrected chi connectivity index (χ3v) is 9.62. The number of nitrogens with zero attached hydrogens (tertiary/aromatic N) is 2. The van der Waals surface area contributed by atoms with Gasteiger partial charge in [-0.3, -0.25) is 18.2 Å². The van der Waals surface area contributed by atoms with Crippen LogP contribution in [-0.4, -0.2) is 55.7 Å². The summed E-state index contributed by atoms with van der Waals surface area (Å²) in [5.41, 5.74) is 0.110. The van der Waals surface area contributed by atoms with Crippen LogP contribution in [0.5, 0.6) is 0 Å². The summed E-state index contributed by atoms with van der Waals surface area (Å²) in [6, 6.07) is 7.11. The van der Waals surface area contributed by atoms with Crippen LogP contribution in [0.2, 0.25) is 5.02 Å². The first kappa shape index (κ1) is 20.8. The summed E-state index contributed by atoms with van der Waals surface area (Å²) in [6.45, 7) is 0.892. The second-order valence-electron chi connectivity index (χ2n) is 9.58. The summed E-state index contributed by atoms with van der Waals surface area (Å²) >= 11 is 6.08. The van der Waals surface area contributed by atoms with Crippen LogP contribution in [0.25, 0.3) is 0 Å². The molecule has 1 amide bonds. The quantitative estimate of drug-likeness (QED) is 0.555. The fourth-order valence-corrected chi connectivity index (χ4v) is 8.35. The zero-order valence-electron chi connectivity index (χ0n) is 16.9. The molecular weight excluding hydrogens is 426 g/mol. The van der Waals surface area contributed by atoms with Gasteiger partial charge in [0.1, 0.15) is 0 Å². The minimum Gasteiger partial charge on any atom is -0.390 e. The molecule has 4 aliphatic carbocycles. The summed E-state index contributed by atoms with van der Waals surface area (Å²) < 4.78 is 25.0. The highest BCUT2D eigenvalue weighted by molar-refractivity contribution is 8.23. The van der Waals surface area contributed by atoms with Crippen LogP contribution in [0.15, 0.2) is 24.3 Å². The van der Waals surface area contributed by atoms with Gasteiger partial charge in [-0.2, -0.15) is 4.31 Å². The maximum Gasteiger partial charge on any atom is 0.236 e. The number of nitrogens with one attached hydrogen (secondary N) is 1. The average molecular weight is 456 g/mol. The van der Waals surface area contributed by atoms with Gasteiger partial charge in [-0.1, -0.05) is 28.6 Å². The van der Waals surface area contributed by atoms with E-state index in [-0.39, 0.29) is 18.5 Å². The van der Waals surface area contributed by atoms with Crippen molar-refractivity contribution in [2.24, 2.45) is 17.8 Å². The number of hydrogen-bond donors (Lipinski definition) is 4. The lowest BCUT2D eigenvalue weighted by molar-refractivity contribution is -0.146. The minimum absolute atomic E-state index is 0.0525. The van der Waals surface area contributed by atoms with E-state index in [1.54, 1.807) is 28.6 Å². The number of anilines is 1. The second kappa shape index (κ2) is 7.53. The Labute approximate surface area is 184 Å². The molecule has 5 aliphatic rings. The Kier molecular flexibility index (Phi) is 5.24. The predicted octanol–water partition coefficient (Wildman–Crippen LogP) is 3.49. The second-order valence-corrected chi connectivity index (χ2v) is 11.9. The molecule has 4 N–H and O–H groups in total. The van der Waals surface area contributed by atoms with Gasteiger partial charge in [0.2, 0.25) is 5.91 Å². The Bertz CT molecular complexity index is 824. The van der Waals surface area contributed by atoms with Crippen molar-refractivity contribution >= 4 is 34.2 Å². The molecule has 7 nitrogen and oxygen atoms in total. The van der Waals surface area contributed by atoms with E-state index in [2.05, 4.69) is 5.32 Å². The number of halogens is 1. The SMILES string of the molecule is O=C(CN1CCCN(c2cccc(Cl)c2)S1(O)O)NC1C2CC3CC1CC(O)(C3)C2. The molecule has 1 heterocycles. The molecule has 4 saturated carbocycles. The highest BCUT2D eigenvalue weighted by Crippen LogP contribution is 2.56. The van der Waals surface area contributed by atoms with E-state index in [4.69, 9.17) is 11.6 Å². The molecule has 2 atom stereocenters. The van der Waals surface area contributed by atoms with Crippen LogP contribution in [0.4, 0.5) is 5.69 Å². The normalized spacial score (nSPS) is 38.5. The number of benzene rings is 1. The first-order valence-electron chi connectivity index (χ1n) is 10.8. The van der Waals surface area contributed by atoms with Crippen LogP contribution in [-0.2, 0) is 4.79 Å². The average Bonchev–Trinajstić information content (AvgIpc) is 2.65. The molecule has 5 fully saturated rings. The minimum atomic E-state index is -3.29. The van der Waals surface area contributed by atoms with E-state index in [1.165, 1.54) is 4.31 Å². The Morgan fingerprint density at radius 2 is 1.93 bits per heavy atom. The van der Waals surface area contributed by atoms with E-state index >= 15 is 0 Å². The third-order valence-electron chi connectivity index (χ3n) is 7.40. The van der Waals surface area contributed by atoms with Crippen molar-refractivity contribution in [3.8, 4) is 0 Å². The van der Waals surface area contributed by atoms with Gasteiger partial charge in [0, 0.05) is 24.2 Å². The summed E-state index contributed by atoms with van der Waals surface area (Å²) in [5.74, 6) is 1.07. The summed E-state index contributed by atoms with van der Waals surface area (Å²) in [4.78, 5) is 12.9. The van der Waals surface area contributed by atoms with Crippen LogP contribution in [0.1, 0.15) is 38.5 Å². The monoisotopic (exact) mass is 455 g/mol. The summed E-state index contributed by atoms with van der Waals surface area (Å²) in [7, 11) is -3.29. The van der Waals surface area contributed by atoms with E-state index in [0.717, 1.165) is 38.5 Å². The van der Waals surface area contributed by atoms with Crippen LogP contribution in [0, 0.1) is 17.8 Å². The predicted molar refractivity (Wildman–Crippen MR) is 118 cm³/mol. The largest absolute Gasteiger partial charge is 0.390 e. The van der Waals surface area contributed by atoms with Gasteiger partial charge in [0.15, 0.2) is 0 Å². The van der Waals surface area contributed by atoms with Gasteiger partial charge < -0.3 is 10.4 Å². The topological polar surface area (TPSA) is 96.3 Å². The first-order valence-corrected chi connectivity index (χ1v) is 12.7. The highest BCUT2D eigenvalue weighted by Gasteiger charge is 2.55. The van der Waals surface area contributed by atoms with E-state index < -0.39 is 16.6 Å². The summed E-state index contributed by atoms with van der Waals surface area (Å²) in [5, 5.41) is 14.5. The maximum atomic E-state index is 12.9. The van der Waals surface area contributed by atoms with Crippen molar-refractivity contribution in [1.29, 1.82) is 0 Å². The molecule has 30 heavy (non-hydrogen) atoms. The summed E-state index contributed by atoms with van der Waals surface area (Å²) in [6.07, 6.45) is 5.32. The van der Waals surface area contributed by atoms with Crippen molar-refractivity contribution in [1.82, 2.24) is 9.62 Å². The molecular formula is C21H30ClN3O4S. The van der Waals surface area contributed by atoms with Gasteiger partial charge in [-0.25, -0.2) is 0 Å². The Morgan fingerprint density at radius 3 is 2.60 bits per heavy atom. The van der Waals surface area contributed by atoms with Crippen molar-refractivity contribution in [3.63, 3.8) is 0 Å². The number of hydrogen-bond acceptors (Lipinski definition) is 6. The van der Waals surface area contributed by atoms with Crippen molar-refractivity contribution in [2.45, 2.75) is 50.2 Å². The zero-order valence-corrected chi connectivity index (χ0v) is 18.5. The van der Waals surface area contributed by atoms with Crippen LogP contribution < -0.4 is 9.62 Å². The van der Waals surface area contributed by atoms with Gasteiger partial charge in [-0.05, 0) is 74.5 Å². The first-order chi connectivity index (χ1) is 14.2. The number of aliphatic hydroxyl groups is 1. The van der Waals surface area contributed by atoms with E-state index in [1.807, 2.05) is 0 Å². The fraction of sp³-hybridized carbons (Fsp3) is 0.667. The van der Waals surface area contributed by atoms with Crippen molar-refractivity contribution in [3.05, 3.63) is 29.3 Å². The molecule has 1 aromatic carbocycles. The maximum absolute atomic E-state index is 12.9. The number of carbonyl (C=O) groups is 1. The lowest BCUT2D eigenvalue weighted by Crippen LogP contribution is -2.62. The van der Waals surface area contributed by atoms with Crippen molar-refractivity contribution < 1.29 is 19.0 Å². The van der Waals surface area contributed by atoms with Gasteiger partial charge in [-0.15, -0.1) is 0 Å². The van der Waals surface area contributed by atoms with E-state index in [9.17, 15) is 19.0 Å². The molecule has 1 aromatic rings. The van der Waals surface area contributed by atoms with Gasteiger partial charge >= 0.3 is 0 Å². The number of amides is 1. The molecule has 1 aliphatic heterocycles. The molecule has 2 unspecified atom stereocenters. The standard InChI is InChI=1S/C21H30ClN3O4S/c22-17-3-1-4-18(9-17)25-6-2-5-24(30(25,28)29)13-19(26)23-20-15-7-14-8-16(20)12-21(27,10-14)11-15/h1,3-4,9,14-16,20,27-29H,2,5-8,10-13H2,(H,23,26). The molecule has 9 heteroatoms. The molecule has 0 radical (unpaired) electrons. The zero-order chi connectivity index (χ0) is 21.1. The third kappa shape index (κ3) is 3.72. The van der Waals surface area contributed by atoms with Crippen LogP contribution in [0.3, 0.4) is 0 Å². The molecule has 0 aromatic heterocycles.